The summed E-state index contributed by atoms with van der Waals surface area (Å²) in [4.78, 5) is 9.22. The lowest BCUT2D eigenvalue weighted by molar-refractivity contribution is 0.334. The molecular weight excluding hydrogens is 228 g/mol. The number of benzene rings is 2. The third kappa shape index (κ3) is 3.10. The average Bonchev–Trinajstić information content (AvgIpc) is 2.46. The molecule has 0 aromatic heterocycles. The summed E-state index contributed by atoms with van der Waals surface area (Å²) in [5, 5.41) is 0. The zero-order valence-corrected chi connectivity index (χ0v) is 9.74. The molecule has 0 spiro atoms. The Bertz CT molecular complexity index is 469. The highest BCUT2D eigenvalue weighted by atomic mass is 16.6. The first-order chi connectivity index (χ1) is 8.81. The van der Waals surface area contributed by atoms with Crippen LogP contribution < -0.4 is 21.5 Å². The summed E-state index contributed by atoms with van der Waals surface area (Å²) in [6, 6.07) is 14.9. The van der Waals surface area contributed by atoms with Crippen LogP contribution in [0.5, 0.6) is 11.5 Å². The molecule has 0 bridgehead atoms. The van der Waals surface area contributed by atoms with Crippen LogP contribution in [0.2, 0.25) is 0 Å². The Balaban J connectivity index is 2.08. The minimum atomic E-state index is 0.636. The molecule has 0 saturated carbocycles. The quantitative estimate of drug-likeness (QED) is 0.637. The van der Waals surface area contributed by atoms with E-state index in [1.165, 1.54) is 0 Å². The summed E-state index contributed by atoms with van der Waals surface area (Å²) in [5.41, 5.74) is 2.13. The predicted molar refractivity (Wildman–Crippen MR) is 71.4 cm³/mol. The van der Waals surface area contributed by atoms with Gasteiger partial charge < -0.3 is 9.68 Å². The van der Waals surface area contributed by atoms with Gasteiger partial charge in [-0.2, -0.15) is 11.8 Å². The molecule has 0 amide bonds. The van der Waals surface area contributed by atoms with Crippen LogP contribution in [0.25, 0.3) is 12.2 Å². The van der Waals surface area contributed by atoms with Gasteiger partial charge in [0.15, 0.2) is 0 Å². The van der Waals surface area contributed by atoms with Crippen LogP contribution >= 0.6 is 0 Å². The van der Waals surface area contributed by atoms with E-state index in [0.29, 0.717) is 11.5 Å². The Labute approximate surface area is 105 Å². The highest BCUT2D eigenvalue weighted by Gasteiger charge is 1.92. The number of rotatable bonds is 4. The van der Waals surface area contributed by atoms with E-state index in [0.717, 1.165) is 11.1 Å². The first-order valence-corrected chi connectivity index (χ1v) is 5.43. The molecule has 0 radical (unpaired) electrons. The van der Waals surface area contributed by atoms with Crippen molar-refractivity contribution in [2.75, 3.05) is 0 Å². The monoisotopic (exact) mass is 242 g/mol. The van der Waals surface area contributed by atoms with E-state index in [1.807, 2.05) is 60.7 Å². The average molecular weight is 242 g/mol. The normalized spacial score (nSPS) is 10.6. The fourth-order valence-electron chi connectivity index (χ4n) is 1.51. The van der Waals surface area contributed by atoms with E-state index >= 15 is 0 Å². The van der Waals surface area contributed by atoms with Crippen LogP contribution in [0.15, 0.2) is 48.5 Å². The van der Waals surface area contributed by atoms with E-state index in [9.17, 15) is 0 Å². The summed E-state index contributed by atoms with van der Waals surface area (Å²) in [6.07, 6.45) is 4.00. The van der Waals surface area contributed by atoms with Crippen molar-refractivity contribution >= 4 is 12.2 Å². The zero-order chi connectivity index (χ0) is 12.8. The lowest BCUT2D eigenvalue weighted by Gasteiger charge is -1.99. The lowest BCUT2D eigenvalue weighted by Crippen LogP contribution is -2.01. The Hall–Kier alpha value is -2.30. The minimum absolute atomic E-state index is 0.636. The summed E-state index contributed by atoms with van der Waals surface area (Å²) in [6.45, 7) is 0. The van der Waals surface area contributed by atoms with Gasteiger partial charge in [-0.15, -0.1) is 0 Å². The molecule has 92 valence electrons. The second-order valence-corrected chi connectivity index (χ2v) is 3.71. The maximum atomic E-state index is 5.05. The Kier molecular flexibility index (Phi) is 3.96. The second kappa shape index (κ2) is 5.86. The molecule has 4 heteroatoms. The molecule has 18 heavy (non-hydrogen) atoms. The maximum Gasteiger partial charge on any atom is 0.146 e. The van der Waals surface area contributed by atoms with Gasteiger partial charge in [0, 0.05) is 0 Å². The molecule has 4 nitrogen and oxygen atoms in total. The number of hydrogen-bond donors (Lipinski definition) is 2. The largest absolute Gasteiger partial charge is 0.412 e. The summed E-state index contributed by atoms with van der Waals surface area (Å²) in [7, 11) is 0. The van der Waals surface area contributed by atoms with Gasteiger partial charge in [-0.3, -0.25) is 0 Å². The van der Waals surface area contributed by atoms with Crippen molar-refractivity contribution in [1.82, 2.24) is 0 Å². The van der Waals surface area contributed by atoms with Gasteiger partial charge in [0.25, 0.3) is 0 Å². The Morgan fingerprint density at radius 3 is 1.22 bits per heavy atom. The minimum Gasteiger partial charge on any atom is -0.412 e. The fourth-order valence-corrected chi connectivity index (χ4v) is 1.51. The molecule has 0 aliphatic heterocycles. The molecule has 0 saturated heterocycles. The van der Waals surface area contributed by atoms with E-state index in [1.54, 1.807) is 0 Å². The zero-order valence-electron chi connectivity index (χ0n) is 9.74. The van der Waals surface area contributed by atoms with Gasteiger partial charge in [-0.25, -0.2) is 0 Å². The Morgan fingerprint density at radius 1 is 0.611 bits per heavy atom. The van der Waals surface area contributed by atoms with Crippen molar-refractivity contribution in [3.05, 3.63) is 59.7 Å². The topological polar surface area (TPSA) is 70.5 Å². The number of nitrogens with two attached hydrogens (primary N) is 2. The highest BCUT2D eigenvalue weighted by Crippen LogP contribution is 2.15. The Morgan fingerprint density at radius 2 is 0.944 bits per heavy atom. The van der Waals surface area contributed by atoms with E-state index in [4.69, 9.17) is 11.8 Å². The molecule has 0 aliphatic carbocycles. The summed E-state index contributed by atoms with van der Waals surface area (Å²) >= 11 is 0. The molecule has 0 aliphatic rings. The van der Waals surface area contributed by atoms with Gasteiger partial charge >= 0.3 is 0 Å². The number of hydrogen-bond acceptors (Lipinski definition) is 4. The summed E-state index contributed by atoms with van der Waals surface area (Å²) in [5.74, 6) is 11.4. The lowest BCUT2D eigenvalue weighted by atomic mass is 10.1. The van der Waals surface area contributed by atoms with Gasteiger partial charge in [0.05, 0.1) is 0 Å². The van der Waals surface area contributed by atoms with E-state index in [-0.39, 0.29) is 0 Å². The van der Waals surface area contributed by atoms with Crippen LogP contribution in [-0.4, -0.2) is 0 Å². The van der Waals surface area contributed by atoms with Crippen molar-refractivity contribution in [2.24, 2.45) is 11.8 Å². The maximum absolute atomic E-state index is 5.05. The highest BCUT2D eigenvalue weighted by molar-refractivity contribution is 5.70. The molecule has 0 atom stereocenters. The molecule has 2 rings (SSSR count). The van der Waals surface area contributed by atoms with Crippen LogP contribution in [0, 0.1) is 0 Å². The molecule has 2 aromatic rings. The van der Waals surface area contributed by atoms with E-state index in [2.05, 4.69) is 9.68 Å². The van der Waals surface area contributed by atoms with Crippen molar-refractivity contribution < 1.29 is 9.68 Å². The van der Waals surface area contributed by atoms with Crippen molar-refractivity contribution in [3.8, 4) is 11.5 Å². The van der Waals surface area contributed by atoms with Crippen LogP contribution in [0.4, 0.5) is 0 Å². The van der Waals surface area contributed by atoms with Crippen LogP contribution in [0.1, 0.15) is 11.1 Å². The third-order valence-corrected chi connectivity index (χ3v) is 2.50. The van der Waals surface area contributed by atoms with Crippen molar-refractivity contribution in [1.29, 1.82) is 0 Å². The van der Waals surface area contributed by atoms with Gasteiger partial charge in [-0.1, -0.05) is 36.4 Å². The standard InChI is InChI=1S/C14H14N2O2/c15-17-13-7-3-11(4-8-13)1-2-12-5-9-14(18-16)10-6-12/h1-10H,15-16H2/b2-1+. The predicted octanol–water partition coefficient (Wildman–Crippen LogP) is 2.36. The molecule has 0 unspecified atom stereocenters. The van der Waals surface area contributed by atoms with Crippen molar-refractivity contribution in [3.63, 3.8) is 0 Å². The summed E-state index contributed by atoms with van der Waals surface area (Å²) < 4.78 is 0. The van der Waals surface area contributed by atoms with Crippen LogP contribution in [0.3, 0.4) is 0 Å². The third-order valence-electron chi connectivity index (χ3n) is 2.50. The molecule has 4 N–H and O–H groups in total. The molecule has 0 fully saturated rings. The molecule has 0 heterocycles. The van der Waals surface area contributed by atoms with Gasteiger partial charge in [0.1, 0.15) is 11.5 Å². The second-order valence-electron chi connectivity index (χ2n) is 3.71. The smallest absolute Gasteiger partial charge is 0.146 e. The van der Waals surface area contributed by atoms with Gasteiger partial charge in [0.2, 0.25) is 0 Å². The van der Waals surface area contributed by atoms with Crippen molar-refractivity contribution in [2.45, 2.75) is 0 Å². The molecule has 2 aromatic carbocycles. The van der Waals surface area contributed by atoms with Crippen LogP contribution in [-0.2, 0) is 0 Å². The van der Waals surface area contributed by atoms with Gasteiger partial charge in [-0.05, 0) is 35.4 Å². The first-order valence-electron chi connectivity index (χ1n) is 5.43. The fraction of sp³-hybridized carbons (Fsp3) is 0. The SMILES string of the molecule is NOc1ccc(/C=C/c2ccc(ON)cc2)cc1. The molecular formula is C14H14N2O2. The van der Waals surface area contributed by atoms with E-state index < -0.39 is 0 Å². The first kappa shape index (κ1) is 12.2.